The van der Waals surface area contributed by atoms with Gasteiger partial charge in [0.05, 0.1) is 37.2 Å². The molecule has 1 N–H and O–H groups in total. The lowest BCUT2D eigenvalue weighted by Crippen LogP contribution is -2.05. The van der Waals surface area contributed by atoms with Gasteiger partial charge in [0.2, 0.25) is 5.95 Å². The van der Waals surface area contributed by atoms with Crippen molar-refractivity contribution in [3.05, 3.63) is 52.4 Å². The molecule has 148 valence electrons. The molecule has 0 aliphatic rings. The molecule has 0 saturated heterocycles. The lowest BCUT2D eigenvalue weighted by molar-refractivity contribution is 0.397. The number of thiazole rings is 1. The van der Waals surface area contributed by atoms with Crippen molar-refractivity contribution in [2.75, 3.05) is 19.5 Å². The Morgan fingerprint density at radius 2 is 1.90 bits per heavy atom. The lowest BCUT2D eigenvalue weighted by atomic mass is 10.1. The Kier molecular flexibility index (Phi) is 5.41. The minimum atomic E-state index is -0.446. The number of ether oxygens (including phenoxy) is 2. The highest BCUT2D eigenvalue weighted by atomic mass is 35.5. The summed E-state index contributed by atoms with van der Waals surface area (Å²) >= 11 is 7.25. The van der Waals surface area contributed by atoms with E-state index in [9.17, 15) is 4.39 Å². The van der Waals surface area contributed by atoms with E-state index in [0.717, 1.165) is 0 Å². The topological polar surface area (TPSA) is 82.0 Å². The number of hydrogen-bond acceptors (Lipinski definition) is 8. The average Bonchev–Trinajstić information content (AvgIpc) is 3.15. The first kappa shape index (κ1) is 19.3. The lowest BCUT2D eigenvalue weighted by Gasteiger charge is -2.12. The van der Waals surface area contributed by atoms with Gasteiger partial charge in [-0.25, -0.2) is 14.4 Å². The Bertz CT molecular complexity index is 1160. The van der Waals surface area contributed by atoms with Gasteiger partial charge in [-0.3, -0.25) is 0 Å². The van der Waals surface area contributed by atoms with Crippen LogP contribution in [0.5, 0.6) is 11.5 Å². The monoisotopic (exact) mass is 431 g/mol. The van der Waals surface area contributed by atoms with Gasteiger partial charge in [0.15, 0.2) is 5.82 Å². The number of nitrogens with zero attached hydrogens (tertiary/aromatic N) is 4. The molecule has 0 spiro atoms. The molecular formula is C19H15ClFN5O2S. The first-order chi connectivity index (χ1) is 14.1. The third-order valence-corrected chi connectivity index (χ3v) is 5.32. The van der Waals surface area contributed by atoms with Crippen LogP contribution in [-0.2, 0) is 6.54 Å². The van der Waals surface area contributed by atoms with E-state index in [1.54, 1.807) is 20.3 Å². The molecule has 0 fully saturated rings. The molecule has 0 unspecified atom stereocenters. The van der Waals surface area contributed by atoms with Crippen LogP contribution < -0.4 is 14.8 Å². The van der Waals surface area contributed by atoms with Crippen LogP contribution in [0.4, 0.5) is 10.3 Å². The number of anilines is 1. The second-order valence-corrected chi connectivity index (χ2v) is 7.45. The van der Waals surface area contributed by atoms with Crippen LogP contribution in [0, 0.1) is 5.82 Å². The molecule has 0 radical (unpaired) electrons. The average molecular weight is 432 g/mol. The fraction of sp³-hybridized carbons (Fsp3) is 0.158. The molecule has 2 aromatic heterocycles. The normalized spacial score (nSPS) is 10.9. The third kappa shape index (κ3) is 3.92. The summed E-state index contributed by atoms with van der Waals surface area (Å²) in [5.41, 5.74) is 1.51. The smallest absolute Gasteiger partial charge is 0.243 e. The van der Waals surface area contributed by atoms with Crippen molar-refractivity contribution in [1.29, 1.82) is 0 Å². The Hall–Kier alpha value is -3.04. The molecule has 0 amide bonds. The number of benzene rings is 2. The van der Waals surface area contributed by atoms with Crippen LogP contribution in [0.15, 0.2) is 36.5 Å². The molecule has 0 atom stereocenters. The molecule has 29 heavy (non-hydrogen) atoms. The Morgan fingerprint density at radius 1 is 1.14 bits per heavy atom. The molecule has 2 aromatic carbocycles. The van der Waals surface area contributed by atoms with Gasteiger partial charge in [-0.2, -0.15) is 5.10 Å². The van der Waals surface area contributed by atoms with Gasteiger partial charge in [0.1, 0.15) is 27.7 Å². The second kappa shape index (κ2) is 8.14. The summed E-state index contributed by atoms with van der Waals surface area (Å²) in [4.78, 5) is 8.81. The zero-order valence-electron chi connectivity index (χ0n) is 15.4. The third-order valence-electron chi connectivity index (χ3n) is 4.10. The second-order valence-electron chi connectivity index (χ2n) is 5.90. The van der Waals surface area contributed by atoms with Gasteiger partial charge in [-0.05, 0) is 24.3 Å². The number of hydrogen-bond donors (Lipinski definition) is 1. The maximum atomic E-state index is 14.0. The molecule has 0 aliphatic heterocycles. The Labute approximate surface area is 174 Å². The molecule has 2 heterocycles. The van der Waals surface area contributed by atoms with Gasteiger partial charge in [-0.1, -0.05) is 17.7 Å². The number of fused-ring (bicyclic) bond motifs is 1. The van der Waals surface area contributed by atoms with Crippen molar-refractivity contribution in [1.82, 2.24) is 20.2 Å². The SMILES string of the molecule is COc1cccc(OC)c1-c1cnnc(NCc2nc3c(F)cc(Cl)cc3s2)n1. The van der Waals surface area contributed by atoms with E-state index in [4.69, 9.17) is 21.1 Å². The molecule has 0 saturated carbocycles. The first-order valence-corrected chi connectivity index (χ1v) is 9.68. The predicted molar refractivity (Wildman–Crippen MR) is 110 cm³/mol. The summed E-state index contributed by atoms with van der Waals surface area (Å²) in [7, 11) is 3.15. The Balaban J connectivity index is 1.60. The van der Waals surface area contributed by atoms with Crippen molar-refractivity contribution in [3.8, 4) is 22.8 Å². The highest BCUT2D eigenvalue weighted by Crippen LogP contribution is 2.37. The molecule has 10 heteroatoms. The van der Waals surface area contributed by atoms with Gasteiger partial charge >= 0.3 is 0 Å². The van der Waals surface area contributed by atoms with E-state index in [1.165, 1.54) is 23.6 Å². The minimum absolute atomic E-state index is 0.294. The van der Waals surface area contributed by atoms with Crippen molar-refractivity contribution in [2.45, 2.75) is 6.54 Å². The van der Waals surface area contributed by atoms with Crippen LogP contribution >= 0.6 is 22.9 Å². The van der Waals surface area contributed by atoms with Crippen LogP contribution in [0.2, 0.25) is 5.02 Å². The predicted octanol–water partition coefficient (Wildman–Crippen LogP) is 4.57. The molecule has 4 aromatic rings. The van der Waals surface area contributed by atoms with E-state index in [0.29, 0.717) is 55.5 Å². The maximum Gasteiger partial charge on any atom is 0.243 e. The summed E-state index contributed by atoms with van der Waals surface area (Å²) in [5.74, 6) is 1.06. The summed E-state index contributed by atoms with van der Waals surface area (Å²) in [6.07, 6.45) is 1.53. The van der Waals surface area contributed by atoms with Crippen LogP contribution in [0.1, 0.15) is 5.01 Å². The summed E-state index contributed by atoms with van der Waals surface area (Å²) in [6, 6.07) is 8.39. The highest BCUT2D eigenvalue weighted by Gasteiger charge is 2.15. The molecule has 0 bridgehead atoms. The maximum absolute atomic E-state index is 14.0. The van der Waals surface area contributed by atoms with Crippen molar-refractivity contribution < 1.29 is 13.9 Å². The summed E-state index contributed by atoms with van der Waals surface area (Å²) in [5, 5.41) is 12.1. The largest absolute Gasteiger partial charge is 0.496 e. The van der Waals surface area contributed by atoms with Crippen molar-refractivity contribution >= 4 is 39.1 Å². The van der Waals surface area contributed by atoms with Gasteiger partial charge in [-0.15, -0.1) is 16.4 Å². The number of halogens is 2. The van der Waals surface area contributed by atoms with E-state index < -0.39 is 5.82 Å². The molecular weight excluding hydrogens is 417 g/mol. The zero-order valence-corrected chi connectivity index (χ0v) is 17.0. The minimum Gasteiger partial charge on any atom is -0.496 e. The number of aromatic nitrogens is 4. The van der Waals surface area contributed by atoms with E-state index in [1.807, 2.05) is 18.2 Å². The van der Waals surface area contributed by atoms with Gasteiger partial charge < -0.3 is 14.8 Å². The zero-order chi connectivity index (χ0) is 20.4. The van der Waals surface area contributed by atoms with E-state index >= 15 is 0 Å². The van der Waals surface area contributed by atoms with E-state index in [-0.39, 0.29) is 0 Å². The number of rotatable bonds is 6. The Morgan fingerprint density at radius 3 is 2.62 bits per heavy atom. The van der Waals surface area contributed by atoms with E-state index in [2.05, 4.69) is 25.5 Å². The van der Waals surface area contributed by atoms with Gasteiger partial charge in [0.25, 0.3) is 0 Å². The molecule has 4 rings (SSSR count). The summed E-state index contributed by atoms with van der Waals surface area (Å²) < 4.78 is 25.5. The van der Waals surface area contributed by atoms with Crippen molar-refractivity contribution in [2.24, 2.45) is 0 Å². The molecule has 0 aliphatic carbocycles. The van der Waals surface area contributed by atoms with Crippen molar-refractivity contribution in [3.63, 3.8) is 0 Å². The van der Waals surface area contributed by atoms with Crippen LogP contribution in [0.3, 0.4) is 0 Å². The fourth-order valence-electron chi connectivity index (χ4n) is 2.84. The highest BCUT2D eigenvalue weighted by molar-refractivity contribution is 7.18. The number of methoxy groups -OCH3 is 2. The fourth-order valence-corrected chi connectivity index (χ4v) is 4.07. The number of nitrogens with one attached hydrogen (secondary N) is 1. The quantitative estimate of drug-likeness (QED) is 0.478. The first-order valence-electron chi connectivity index (χ1n) is 8.48. The molecule has 7 nitrogen and oxygen atoms in total. The summed E-state index contributed by atoms with van der Waals surface area (Å²) in [6.45, 7) is 0.310. The van der Waals surface area contributed by atoms with Crippen LogP contribution in [-0.4, -0.2) is 34.4 Å². The van der Waals surface area contributed by atoms with Gasteiger partial charge in [0, 0.05) is 5.02 Å². The van der Waals surface area contributed by atoms with Crippen LogP contribution in [0.25, 0.3) is 21.5 Å². The standard InChI is InChI=1S/C19H15ClFN5O2S/c1-27-13-4-3-5-14(28-2)17(13)12-8-23-26-19(24-12)22-9-16-25-18-11(21)6-10(20)7-15(18)29-16/h3-8H,9H2,1-2H3,(H,22,24,26).